The van der Waals surface area contributed by atoms with Crippen LogP contribution >= 0.6 is 0 Å². The molecule has 162 valence electrons. The van der Waals surface area contributed by atoms with Gasteiger partial charge in [-0.15, -0.1) is 0 Å². The summed E-state index contributed by atoms with van der Waals surface area (Å²) < 4.78 is 45.9. The zero-order valence-corrected chi connectivity index (χ0v) is 18.1. The Morgan fingerprint density at radius 3 is 2.37 bits per heavy atom. The van der Waals surface area contributed by atoms with Crippen LogP contribution in [0.25, 0.3) is 0 Å². The van der Waals surface area contributed by atoms with Gasteiger partial charge >= 0.3 is 5.97 Å². The highest BCUT2D eigenvalue weighted by Crippen LogP contribution is 2.22. The Bertz CT molecular complexity index is 969. The number of halogens is 1. The number of ether oxygens (including phenoxy) is 1. The summed E-state index contributed by atoms with van der Waals surface area (Å²) in [7, 11) is -3.73. The molecule has 1 aliphatic heterocycles. The summed E-state index contributed by atoms with van der Waals surface area (Å²) in [4.78, 5) is 14.3. The van der Waals surface area contributed by atoms with E-state index in [0.29, 0.717) is 38.7 Å². The fourth-order valence-electron chi connectivity index (χ4n) is 3.24. The van der Waals surface area contributed by atoms with Crippen LogP contribution in [0.1, 0.15) is 30.6 Å². The second-order valence-corrected chi connectivity index (χ2v) is 9.65. The van der Waals surface area contributed by atoms with Crippen LogP contribution in [0.5, 0.6) is 0 Å². The molecule has 30 heavy (non-hydrogen) atoms. The third-order valence-electron chi connectivity index (χ3n) is 5.07. The molecule has 1 aliphatic rings. The summed E-state index contributed by atoms with van der Waals surface area (Å²) in [6.07, 6.45) is 0.752. The second-order valence-electron chi connectivity index (χ2n) is 7.71. The molecule has 0 aromatic heterocycles. The van der Waals surface area contributed by atoms with Gasteiger partial charge in [-0.25, -0.2) is 17.6 Å². The van der Waals surface area contributed by atoms with Crippen molar-refractivity contribution < 1.29 is 22.3 Å². The number of anilines is 1. The van der Waals surface area contributed by atoms with Gasteiger partial charge in [-0.05, 0) is 54.8 Å². The quantitative estimate of drug-likeness (QED) is 0.624. The summed E-state index contributed by atoms with van der Waals surface area (Å²) in [5.41, 5.74) is 1.09. The normalized spacial score (nSPS) is 15.4. The number of rotatable bonds is 7. The molecule has 0 atom stereocenters. The van der Waals surface area contributed by atoms with E-state index in [1.165, 1.54) is 28.6 Å². The Hall–Kier alpha value is -2.45. The van der Waals surface area contributed by atoms with Crippen molar-refractivity contribution in [1.29, 1.82) is 0 Å². The summed E-state index contributed by atoms with van der Waals surface area (Å²) >= 11 is 0. The van der Waals surface area contributed by atoms with E-state index in [1.54, 1.807) is 24.3 Å². The van der Waals surface area contributed by atoms with E-state index in [2.05, 4.69) is 0 Å². The summed E-state index contributed by atoms with van der Waals surface area (Å²) in [5.74, 6) is -0.408. The standard InChI is InChI=1S/C22H27FN2O4S/c1-17(2)10-15-29-22(26)18-4-3-5-21(16-18)30(27,28)25-13-11-24(12-14-25)20-8-6-19(23)7-9-20/h3-9,16-17H,10-15H2,1-2H3. The minimum Gasteiger partial charge on any atom is -0.462 e. The summed E-state index contributed by atoms with van der Waals surface area (Å²) in [6, 6.07) is 12.1. The van der Waals surface area contributed by atoms with Gasteiger partial charge in [-0.1, -0.05) is 19.9 Å². The average molecular weight is 435 g/mol. The minimum atomic E-state index is -3.73. The number of benzene rings is 2. The largest absolute Gasteiger partial charge is 0.462 e. The first-order chi connectivity index (χ1) is 14.3. The Balaban J connectivity index is 1.66. The number of piperazine rings is 1. The molecule has 0 saturated carbocycles. The Morgan fingerprint density at radius 2 is 1.73 bits per heavy atom. The van der Waals surface area contributed by atoms with Gasteiger partial charge in [0.1, 0.15) is 5.82 Å². The topological polar surface area (TPSA) is 66.9 Å². The Morgan fingerprint density at radius 1 is 1.07 bits per heavy atom. The molecule has 3 rings (SSSR count). The SMILES string of the molecule is CC(C)CCOC(=O)c1cccc(S(=O)(=O)N2CCN(c3ccc(F)cc3)CC2)c1. The molecule has 0 bridgehead atoms. The van der Waals surface area contributed by atoms with Crippen LogP contribution in [-0.4, -0.2) is 51.5 Å². The molecule has 2 aromatic carbocycles. The number of hydrogen-bond donors (Lipinski definition) is 0. The molecule has 0 N–H and O–H groups in total. The number of carbonyl (C=O) groups is 1. The smallest absolute Gasteiger partial charge is 0.338 e. The molecule has 0 unspecified atom stereocenters. The fourth-order valence-corrected chi connectivity index (χ4v) is 4.71. The lowest BCUT2D eigenvalue weighted by atomic mass is 10.1. The lowest BCUT2D eigenvalue weighted by Gasteiger charge is -2.35. The fraction of sp³-hybridized carbons (Fsp3) is 0.409. The van der Waals surface area contributed by atoms with Gasteiger partial charge in [0.05, 0.1) is 17.1 Å². The van der Waals surface area contributed by atoms with Crippen molar-refractivity contribution in [2.75, 3.05) is 37.7 Å². The van der Waals surface area contributed by atoms with Crippen molar-refractivity contribution in [3.63, 3.8) is 0 Å². The van der Waals surface area contributed by atoms with Crippen molar-refractivity contribution in [2.24, 2.45) is 5.92 Å². The van der Waals surface area contributed by atoms with E-state index in [9.17, 15) is 17.6 Å². The van der Waals surface area contributed by atoms with Crippen molar-refractivity contribution in [3.8, 4) is 0 Å². The molecule has 0 radical (unpaired) electrons. The molecule has 6 nitrogen and oxygen atoms in total. The maximum atomic E-state index is 13.1. The van der Waals surface area contributed by atoms with Gasteiger partial charge in [0.25, 0.3) is 0 Å². The van der Waals surface area contributed by atoms with Crippen molar-refractivity contribution in [1.82, 2.24) is 4.31 Å². The van der Waals surface area contributed by atoms with Crippen LogP contribution in [0.3, 0.4) is 0 Å². The lowest BCUT2D eigenvalue weighted by Crippen LogP contribution is -2.48. The predicted molar refractivity (Wildman–Crippen MR) is 114 cm³/mol. The maximum absolute atomic E-state index is 13.1. The van der Waals surface area contributed by atoms with E-state index in [4.69, 9.17) is 4.74 Å². The zero-order valence-electron chi connectivity index (χ0n) is 17.3. The van der Waals surface area contributed by atoms with Crippen LogP contribution in [0, 0.1) is 11.7 Å². The van der Waals surface area contributed by atoms with Crippen LogP contribution in [0.4, 0.5) is 10.1 Å². The van der Waals surface area contributed by atoms with E-state index >= 15 is 0 Å². The van der Waals surface area contributed by atoms with Gasteiger partial charge in [0, 0.05) is 31.9 Å². The first-order valence-corrected chi connectivity index (χ1v) is 11.5. The van der Waals surface area contributed by atoms with E-state index in [1.807, 2.05) is 18.7 Å². The summed E-state index contributed by atoms with van der Waals surface area (Å²) in [6.45, 7) is 6.00. The molecule has 1 fully saturated rings. The van der Waals surface area contributed by atoms with Crippen LogP contribution in [0.2, 0.25) is 0 Å². The number of esters is 1. The molecular formula is C22H27FN2O4S. The van der Waals surface area contributed by atoms with Crippen molar-refractivity contribution in [3.05, 3.63) is 59.9 Å². The molecule has 2 aromatic rings. The third kappa shape index (κ3) is 5.37. The highest BCUT2D eigenvalue weighted by atomic mass is 32.2. The number of hydrogen-bond acceptors (Lipinski definition) is 5. The van der Waals surface area contributed by atoms with Crippen LogP contribution < -0.4 is 4.90 Å². The monoisotopic (exact) mass is 434 g/mol. The highest BCUT2D eigenvalue weighted by molar-refractivity contribution is 7.89. The first kappa shape index (κ1) is 22.2. The van der Waals surface area contributed by atoms with Gasteiger partial charge in [-0.2, -0.15) is 4.31 Å². The van der Waals surface area contributed by atoms with Crippen molar-refractivity contribution >= 4 is 21.7 Å². The van der Waals surface area contributed by atoms with E-state index in [-0.39, 0.29) is 16.3 Å². The van der Waals surface area contributed by atoms with Gasteiger partial charge in [0.2, 0.25) is 10.0 Å². The molecule has 0 spiro atoms. The van der Waals surface area contributed by atoms with Crippen molar-refractivity contribution in [2.45, 2.75) is 25.2 Å². The molecule has 8 heteroatoms. The summed E-state index contributed by atoms with van der Waals surface area (Å²) in [5, 5.41) is 0. The molecule has 0 aliphatic carbocycles. The number of nitrogens with zero attached hydrogens (tertiary/aromatic N) is 2. The average Bonchev–Trinajstić information content (AvgIpc) is 2.74. The van der Waals surface area contributed by atoms with E-state index in [0.717, 1.165) is 12.1 Å². The molecular weight excluding hydrogens is 407 g/mol. The van der Waals surface area contributed by atoms with Crippen LogP contribution in [-0.2, 0) is 14.8 Å². The number of carbonyl (C=O) groups excluding carboxylic acids is 1. The van der Waals surface area contributed by atoms with E-state index < -0.39 is 16.0 Å². The highest BCUT2D eigenvalue weighted by Gasteiger charge is 2.29. The van der Waals surface area contributed by atoms with Gasteiger partial charge < -0.3 is 9.64 Å². The maximum Gasteiger partial charge on any atom is 0.338 e. The Kier molecular flexibility index (Phi) is 7.10. The Labute approximate surface area is 177 Å². The number of sulfonamides is 1. The molecule has 0 amide bonds. The zero-order chi connectivity index (χ0) is 21.7. The molecule has 1 heterocycles. The van der Waals surface area contributed by atoms with Gasteiger partial charge in [0.15, 0.2) is 0 Å². The third-order valence-corrected chi connectivity index (χ3v) is 6.96. The minimum absolute atomic E-state index is 0.0797. The van der Waals surface area contributed by atoms with Gasteiger partial charge in [-0.3, -0.25) is 0 Å². The lowest BCUT2D eigenvalue weighted by molar-refractivity contribution is 0.0488. The van der Waals surface area contributed by atoms with Crippen LogP contribution in [0.15, 0.2) is 53.4 Å². The second kappa shape index (κ2) is 9.57. The molecule has 1 saturated heterocycles. The predicted octanol–water partition coefficient (Wildman–Crippen LogP) is 3.54. The first-order valence-electron chi connectivity index (χ1n) is 10.1.